The van der Waals surface area contributed by atoms with Crippen LogP contribution >= 0.6 is 7.82 Å². The Morgan fingerprint density at radius 2 is 0.760 bits per heavy atom. The number of allylic oxidation sites excluding steroid dienone is 5. The van der Waals surface area contributed by atoms with Crippen molar-refractivity contribution in [1.82, 2.24) is 5.32 Å². The Kier molecular flexibility index (Phi) is 56.4. The third-order valence-electron chi connectivity index (χ3n) is 15.1. The van der Waals surface area contributed by atoms with E-state index in [0.29, 0.717) is 17.4 Å². The molecule has 0 radical (unpaired) electrons. The lowest BCUT2D eigenvalue weighted by Gasteiger charge is -2.25. The highest BCUT2D eigenvalue weighted by molar-refractivity contribution is 7.47. The molecule has 0 aromatic heterocycles. The summed E-state index contributed by atoms with van der Waals surface area (Å²) < 4.78 is 23.7. The van der Waals surface area contributed by atoms with Crippen LogP contribution in [0.4, 0.5) is 0 Å². The molecule has 0 saturated carbocycles. The number of carbonyl (C=O) groups excluding carboxylic acids is 1. The van der Waals surface area contributed by atoms with Gasteiger partial charge in [0.25, 0.3) is 0 Å². The Morgan fingerprint density at radius 1 is 0.453 bits per heavy atom. The Bertz CT molecular complexity index is 1320. The molecule has 9 heteroatoms. The molecule has 8 nitrogen and oxygen atoms in total. The van der Waals surface area contributed by atoms with Gasteiger partial charge in [0.1, 0.15) is 13.2 Å². The van der Waals surface area contributed by atoms with Crippen LogP contribution in [-0.4, -0.2) is 73.4 Å². The number of aliphatic hydroxyl groups is 1. The summed E-state index contributed by atoms with van der Waals surface area (Å²) in [4.78, 5) is 23.3. The number of carbonyl (C=O) groups is 1. The number of hydrogen-bond acceptors (Lipinski definition) is 5. The molecule has 0 fully saturated rings. The number of nitrogens with zero attached hydrogens (tertiary/aromatic N) is 1. The van der Waals surface area contributed by atoms with Crippen molar-refractivity contribution in [2.45, 2.75) is 341 Å². The average molecular weight is 1080 g/mol. The molecule has 3 N–H and O–H groups in total. The number of phosphoric ester groups is 1. The molecular formula is C66H130N2O6P+. The van der Waals surface area contributed by atoms with E-state index in [4.69, 9.17) is 9.05 Å². The fourth-order valence-electron chi connectivity index (χ4n) is 9.96. The lowest BCUT2D eigenvalue weighted by molar-refractivity contribution is -0.870. The Labute approximate surface area is 467 Å². The molecule has 0 saturated heterocycles. The fourth-order valence-corrected chi connectivity index (χ4v) is 10.7. The van der Waals surface area contributed by atoms with E-state index >= 15 is 0 Å². The SMILES string of the molecule is CCCCCCCCCCCCCCC/C=C\C/C=C\CCCCCCCCCCCCCCCCCCCC(=O)NC(COP(=O)(O)OCC[N+](C)(C)C)C(O)/C=C/CCCCCCCCCCCCCCCC. The molecule has 0 rings (SSSR count). The van der Waals surface area contributed by atoms with Crippen LogP contribution in [0.2, 0.25) is 0 Å². The third-order valence-corrected chi connectivity index (χ3v) is 16.1. The van der Waals surface area contributed by atoms with Gasteiger partial charge in [0.15, 0.2) is 0 Å². The summed E-state index contributed by atoms with van der Waals surface area (Å²) in [7, 11) is 1.58. The molecule has 0 aromatic rings. The lowest BCUT2D eigenvalue weighted by atomic mass is 10.0. The summed E-state index contributed by atoms with van der Waals surface area (Å²) >= 11 is 0. The van der Waals surface area contributed by atoms with E-state index in [1.54, 1.807) is 6.08 Å². The zero-order valence-electron chi connectivity index (χ0n) is 50.8. The molecule has 0 spiro atoms. The molecule has 0 aliphatic rings. The van der Waals surface area contributed by atoms with Crippen molar-refractivity contribution in [2.24, 2.45) is 0 Å². The van der Waals surface area contributed by atoms with Crippen LogP contribution in [-0.2, 0) is 18.4 Å². The van der Waals surface area contributed by atoms with Gasteiger partial charge >= 0.3 is 7.82 Å². The minimum atomic E-state index is -4.35. The number of rotatable bonds is 61. The molecule has 0 bridgehead atoms. The second-order valence-corrected chi connectivity index (χ2v) is 25.3. The number of unbranched alkanes of at least 4 members (excludes halogenated alkanes) is 44. The predicted octanol–water partition coefficient (Wildman–Crippen LogP) is 20.5. The smallest absolute Gasteiger partial charge is 0.387 e. The van der Waals surface area contributed by atoms with Gasteiger partial charge in [-0.15, -0.1) is 0 Å². The predicted molar refractivity (Wildman–Crippen MR) is 328 cm³/mol. The summed E-state index contributed by atoms with van der Waals surface area (Å²) in [6, 6.07) is -0.845. The van der Waals surface area contributed by atoms with Gasteiger partial charge in [0.05, 0.1) is 39.9 Å². The first-order chi connectivity index (χ1) is 36.5. The van der Waals surface area contributed by atoms with Gasteiger partial charge in [0, 0.05) is 6.42 Å². The van der Waals surface area contributed by atoms with E-state index in [9.17, 15) is 19.4 Å². The van der Waals surface area contributed by atoms with E-state index in [-0.39, 0.29) is 19.1 Å². The number of hydrogen-bond donors (Lipinski definition) is 3. The minimum absolute atomic E-state index is 0.0630. The summed E-state index contributed by atoms with van der Waals surface area (Å²) in [5, 5.41) is 13.9. The number of phosphoric acid groups is 1. The summed E-state index contributed by atoms with van der Waals surface area (Å²) in [5.41, 5.74) is 0. The van der Waals surface area contributed by atoms with Gasteiger partial charge in [-0.1, -0.05) is 307 Å². The van der Waals surface area contributed by atoms with Gasteiger partial charge < -0.3 is 19.8 Å². The van der Waals surface area contributed by atoms with Crippen molar-refractivity contribution in [3.05, 3.63) is 36.5 Å². The zero-order chi connectivity index (χ0) is 54.9. The normalized spacial score (nSPS) is 14.0. The van der Waals surface area contributed by atoms with Crippen molar-refractivity contribution < 1.29 is 32.9 Å². The van der Waals surface area contributed by atoms with E-state index in [2.05, 4.69) is 43.5 Å². The van der Waals surface area contributed by atoms with Gasteiger partial charge in [-0.3, -0.25) is 13.8 Å². The quantitative estimate of drug-likeness (QED) is 0.0243. The molecule has 3 unspecified atom stereocenters. The number of nitrogens with one attached hydrogen (secondary N) is 1. The number of aliphatic hydroxyl groups excluding tert-OH is 1. The molecule has 0 aromatic carbocycles. The first kappa shape index (κ1) is 73.7. The first-order valence-electron chi connectivity index (χ1n) is 32.9. The van der Waals surface area contributed by atoms with Crippen LogP contribution in [0.1, 0.15) is 328 Å². The molecule has 1 amide bonds. The Morgan fingerprint density at radius 3 is 1.09 bits per heavy atom. The topological polar surface area (TPSA) is 105 Å². The van der Waals surface area contributed by atoms with Gasteiger partial charge in [-0.2, -0.15) is 0 Å². The molecule has 0 aliphatic heterocycles. The van der Waals surface area contributed by atoms with Gasteiger partial charge in [-0.05, 0) is 51.4 Å². The molecular weight excluding hydrogens is 948 g/mol. The Balaban J connectivity index is 3.96. The van der Waals surface area contributed by atoms with Crippen molar-refractivity contribution in [2.75, 3.05) is 40.9 Å². The van der Waals surface area contributed by atoms with Crippen LogP contribution in [0.15, 0.2) is 36.5 Å². The summed E-state index contributed by atoms with van der Waals surface area (Å²) in [6.45, 7) is 4.86. The third kappa shape index (κ3) is 60.2. The summed E-state index contributed by atoms with van der Waals surface area (Å²) in [5.74, 6) is -0.172. The lowest BCUT2D eigenvalue weighted by Crippen LogP contribution is -2.45. The fraction of sp³-hybridized carbons (Fsp3) is 0.894. The molecule has 3 atom stereocenters. The number of likely N-dealkylation sites (N-methyl/N-ethyl adjacent to an activating group) is 1. The molecule has 75 heavy (non-hydrogen) atoms. The van der Waals surface area contributed by atoms with E-state index in [1.165, 1.54) is 263 Å². The zero-order valence-corrected chi connectivity index (χ0v) is 51.7. The van der Waals surface area contributed by atoms with Gasteiger partial charge in [-0.25, -0.2) is 4.57 Å². The van der Waals surface area contributed by atoms with E-state index in [0.717, 1.165) is 44.9 Å². The Hall–Kier alpha value is -1.28. The van der Waals surface area contributed by atoms with Crippen LogP contribution < -0.4 is 5.32 Å². The van der Waals surface area contributed by atoms with Crippen LogP contribution in [0.25, 0.3) is 0 Å². The van der Waals surface area contributed by atoms with Crippen molar-refractivity contribution >= 4 is 13.7 Å². The highest BCUT2D eigenvalue weighted by atomic mass is 31.2. The van der Waals surface area contributed by atoms with Crippen LogP contribution in [0.5, 0.6) is 0 Å². The van der Waals surface area contributed by atoms with Crippen LogP contribution in [0, 0.1) is 0 Å². The highest BCUT2D eigenvalue weighted by Gasteiger charge is 2.28. The molecule has 0 aliphatic carbocycles. The van der Waals surface area contributed by atoms with Crippen LogP contribution in [0.3, 0.4) is 0 Å². The molecule has 0 heterocycles. The maximum Gasteiger partial charge on any atom is 0.472 e. The van der Waals surface area contributed by atoms with E-state index in [1.807, 2.05) is 27.2 Å². The summed E-state index contributed by atoms with van der Waals surface area (Å²) in [6.07, 6.45) is 75.7. The van der Waals surface area contributed by atoms with Crippen molar-refractivity contribution in [3.63, 3.8) is 0 Å². The second kappa shape index (κ2) is 57.4. The number of amides is 1. The largest absolute Gasteiger partial charge is 0.472 e. The van der Waals surface area contributed by atoms with E-state index < -0.39 is 20.0 Å². The maximum atomic E-state index is 13.0. The molecule has 444 valence electrons. The maximum absolute atomic E-state index is 13.0. The standard InChI is InChI=1S/C66H129N2O6P/c1-6-8-10-12-14-16-18-20-22-24-25-26-27-28-29-30-31-32-33-34-35-36-37-38-39-40-41-42-43-44-46-48-50-52-54-56-58-60-66(70)67-64(63-74-75(71,72)73-62-61-68(3,4)5)65(69)59-57-55-53-51-49-47-45-23-21-19-17-15-13-11-9-7-2/h29-30,32-33,57,59,64-65,69H,6-28,31,34-56,58,60-63H2,1-5H3,(H-,67,70,71,72)/p+1/b30-29-,33-32-,59-57+. The van der Waals surface area contributed by atoms with Crippen molar-refractivity contribution in [3.8, 4) is 0 Å². The monoisotopic (exact) mass is 1080 g/mol. The number of quaternary nitrogens is 1. The average Bonchev–Trinajstić information content (AvgIpc) is 3.37. The van der Waals surface area contributed by atoms with Gasteiger partial charge in [0.2, 0.25) is 5.91 Å². The first-order valence-corrected chi connectivity index (χ1v) is 34.4. The second-order valence-electron chi connectivity index (χ2n) is 23.8. The highest BCUT2D eigenvalue weighted by Crippen LogP contribution is 2.43. The van der Waals surface area contributed by atoms with Crippen molar-refractivity contribution in [1.29, 1.82) is 0 Å². The minimum Gasteiger partial charge on any atom is -0.387 e.